The minimum absolute atomic E-state index is 0.191. The summed E-state index contributed by atoms with van der Waals surface area (Å²) in [5.74, 6) is 1.21. The number of nitrogens with two attached hydrogens (primary N) is 1. The third kappa shape index (κ3) is 2.81. The third-order valence-corrected chi connectivity index (χ3v) is 1.53. The Labute approximate surface area is 84.5 Å². The second-order valence-corrected chi connectivity index (χ2v) is 2.61. The van der Waals surface area contributed by atoms with Crippen molar-refractivity contribution in [3.05, 3.63) is 35.1 Å². The molecular formula is C10H6FNO3. The summed E-state index contributed by atoms with van der Waals surface area (Å²) in [7, 11) is 0. The van der Waals surface area contributed by atoms with Crippen LogP contribution < -0.4 is 5.73 Å². The Kier molecular flexibility index (Phi) is 3.03. The van der Waals surface area contributed by atoms with Crippen molar-refractivity contribution in [2.45, 2.75) is 0 Å². The maximum atomic E-state index is 13.1. The van der Waals surface area contributed by atoms with Gasteiger partial charge in [-0.2, -0.15) is 0 Å². The average Bonchev–Trinajstić information content (AvgIpc) is 2.14. The Balaban J connectivity index is 3.09. The fourth-order valence-corrected chi connectivity index (χ4v) is 0.900. The van der Waals surface area contributed by atoms with Crippen molar-refractivity contribution in [3.8, 4) is 11.8 Å². The Bertz CT molecular complexity index is 485. The van der Waals surface area contributed by atoms with Crippen LogP contribution in [0.1, 0.15) is 15.9 Å². The molecule has 0 fully saturated rings. The van der Waals surface area contributed by atoms with Crippen molar-refractivity contribution >= 4 is 11.9 Å². The first-order valence-electron chi connectivity index (χ1n) is 3.85. The minimum Gasteiger partial charge on any atom is -0.478 e. The number of carboxylic acids is 1. The number of hydrogen-bond acceptors (Lipinski definition) is 2. The Hall–Kier alpha value is -2.35. The monoisotopic (exact) mass is 207 g/mol. The first-order valence-corrected chi connectivity index (χ1v) is 3.85. The third-order valence-electron chi connectivity index (χ3n) is 1.53. The summed E-state index contributed by atoms with van der Waals surface area (Å²) in [5.41, 5.74) is 4.50. The molecule has 1 aromatic carbocycles. The zero-order valence-electron chi connectivity index (χ0n) is 7.45. The zero-order valence-corrected chi connectivity index (χ0v) is 7.45. The van der Waals surface area contributed by atoms with Crippen LogP contribution in [0.5, 0.6) is 0 Å². The molecule has 0 aliphatic rings. The van der Waals surface area contributed by atoms with E-state index >= 15 is 0 Å². The summed E-state index contributed by atoms with van der Waals surface area (Å²) < 4.78 is 13.1. The molecular weight excluding hydrogens is 201 g/mol. The van der Waals surface area contributed by atoms with Gasteiger partial charge in [-0.15, -0.1) is 0 Å². The number of carboxylic acid groups (broad SMARTS) is 1. The number of primary amides is 1. The van der Waals surface area contributed by atoms with Crippen LogP contribution in [0.4, 0.5) is 4.39 Å². The first-order chi connectivity index (χ1) is 7.00. The lowest BCUT2D eigenvalue weighted by atomic mass is 10.1. The molecule has 0 unspecified atom stereocenters. The molecule has 0 aromatic heterocycles. The lowest BCUT2D eigenvalue weighted by molar-refractivity contribution is -0.112. The Morgan fingerprint density at radius 1 is 1.40 bits per heavy atom. The quantitative estimate of drug-likeness (QED) is 0.652. The van der Waals surface area contributed by atoms with Gasteiger partial charge >= 0.3 is 5.97 Å². The van der Waals surface area contributed by atoms with Crippen molar-refractivity contribution in [1.29, 1.82) is 0 Å². The summed E-state index contributed by atoms with van der Waals surface area (Å²) in [6, 6.07) is 3.30. The van der Waals surface area contributed by atoms with Crippen LogP contribution >= 0.6 is 0 Å². The van der Waals surface area contributed by atoms with E-state index in [-0.39, 0.29) is 5.56 Å². The summed E-state index contributed by atoms with van der Waals surface area (Å²) >= 11 is 0. The molecule has 1 rings (SSSR count). The van der Waals surface area contributed by atoms with Gasteiger partial charge < -0.3 is 10.8 Å². The van der Waals surface area contributed by atoms with Gasteiger partial charge in [-0.3, -0.25) is 4.79 Å². The van der Waals surface area contributed by atoms with Crippen molar-refractivity contribution < 1.29 is 19.1 Å². The van der Waals surface area contributed by atoms with E-state index in [1.54, 1.807) is 0 Å². The predicted octanol–water partition coefficient (Wildman–Crippen LogP) is 0.361. The molecule has 0 bridgehead atoms. The smallest absolute Gasteiger partial charge is 0.338 e. The van der Waals surface area contributed by atoms with Crippen molar-refractivity contribution in [2.75, 3.05) is 0 Å². The molecule has 76 valence electrons. The molecule has 0 atom stereocenters. The maximum Gasteiger partial charge on any atom is 0.338 e. The van der Waals surface area contributed by atoms with E-state index < -0.39 is 23.3 Å². The van der Waals surface area contributed by atoms with Crippen LogP contribution in [0.3, 0.4) is 0 Å². The highest BCUT2D eigenvalue weighted by molar-refractivity contribution is 5.92. The highest BCUT2D eigenvalue weighted by atomic mass is 19.1. The molecule has 1 aromatic rings. The van der Waals surface area contributed by atoms with Gasteiger partial charge in [-0.1, -0.05) is 5.92 Å². The lowest BCUT2D eigenvalue weighted by Crippen LogP contribution is -2.06. The molecule has 0 aliphatic carbocycles. The van der Waals surface area contributed by atoms with E-state index in [1.165, 1.54) is 6.07 Å². The Morgan fingerprint density at radius 3 is 2.53 bits per heavy atom. The number of rotatable bonds is 1. The molecule has 15 heavy (non-hydrogen) atoms. The molecule has 0 heterocycles. The molecule has 3 N–H and O–H groups in total. The number of aromatic carboxylic acids is 1. The van der Waals surface area contributed by atoms with Crippen LogP contribution in [0.15, 0.2) is 18.2 Å². The molecule has 4 nitrogen and oxygen atoms in total. The number of carbonyl (C=O) groups excluding carboxylic acids is 1. The van der Waals surface area contributed by atoms with Gasteiger partial charge in [0.15, 0.2) is 0 Å². The average molecular weight is 207 g/mol. The van der Waals surface area contributed by atoms with Crippen LogP contribution in [0, 0.1) is 17.7 Å². The van der Waals surface area contributed by atoms with Gasteiger partial charge in [0.25, 0.3) is 5.91 Å². The SMILES string of the molecule is NC(=O)C#Cc1ccc(C(=O)O)c(F)c1. The number of hydrogen-bond donors (Lipinski definition) is 2. The normalized spacial score (nSPS) is 8.87. The summed E-state index contributed by atoms with van der Waals surface area (Å²) in [4.78, 5) is 20.7. The summed E-state index contributed by atoms with van der Waals surface area (Å²) in [5, 5.41) is 8.52. The highest BCUT2D eigenvalue weighted by Gasteiger charge is 2.09. The fourth-order valence-electron chi connectivity index (χ4n) is 0.900. The van der Waals surface area contributed by atoms with E-state index in [0.717, 1.165) is 12.1 Å². The Morgan fingerprint density at radius 2 is 2.07 bits per heavy atom. The number of halogens is 1. The largest absolute Gasteiger partial charge is 0.478 e. The predicted molar refractivity (Wildman–Crippen MR) is 49.4 cm³/mol. The van der Waals surface area contributed by atoms with Gasteiger partial charge in [-0.05, 0) is 24.1 Å². The van der Waals surface area contributed by atoms with Gasteiger partial charge in [0.05, 0.1) is 5.56 Å². The molecule has 0 saturated heterocycles. The molecule has 0 radical (unpaired) electrons. The van der Waals surface area contributed by atoms with E-state index in [2.05, 4.69) is 5.92 Å². The maximum absolute atomic E-state index is 13.1. The number of amides is 1. The van der Waals surface area contributed by atoms with Crippen LogP contribution in [-0.2, 0) is 4.79 Å². The van der Waals surface area contributed by atoms with Crippen LogP contribution in [-0.4, -0.2) is 17.0 Å². The molecule has 0 saturated carbocycles. The van der Waals surface area contributed by atoms with Gasteiger partial charge in [-0.25, -0.2) is 9.18 Å². The van der Waals surface area contributed by atoms with Crippen molar-refractivity contribution in [2.24, 2.45) is 5.73 Å². The number of carbonyl (C=O) groups is 2. The van der Waals surface area contributed by atoms with Gasteiger partial charge in [0, 0.05) is 5.56 Å². The summed E-state index contributed by atoms with van der Waals surface area (Å²) in [6.07, 6.45) is 0. The molecule has 0 aliphatic heterocycles. The summed E-state index contributed by atoms with van der Waals surface area (Å²) in [6.45, 7) is 0. The lowest BCUT2D eigenvalue weighted by Gasteiger charge is -1.96. The fraction of sp³-hybridized carbons (Fsp3) is 0. The standard InChI is InChI=1S/C10H6FNO3/c11-8-5-6(2-4-9(12)13)1-3-7(8)10(14)15/h1,3,5H,(H2,12,13)(H,14,15). The second-order valence-electron chi connectivity index (χ2n) is 2.61. The van der Waals surface area contributed by atoms with Crippen molar-refractivity contribution in [3.63, 3.8) is 0 Å². The number of benzene rings is 1. The van der Waals surface area contributed by atoms with E-state index in [0.29, 0.717) is 0 Å². The molecule has 5 heteroatoms. The zero-order chi connectivity index (χ0) is 11.4. The van der Waals surface area contributed by atoms with Gasteiger partial charge in [0.1, 0.15) is 5.82 Å². The van der Waals surface area contributed by atoms with Gasteiger partial charge in [0.2, 0.25) is 0 Å². The van der Waals surface area contributed by atoms with E-state index in [4.69, 9.17) is 10.8 Å². The first kappa shape index (κ1) is 10.7. The van der Waals surface area contributed by atoms with E-state index in [1.807, 2.05) is 5.92 Å². The second kappa shape index (κ2) is 4.24. The highest BCUT2D eigenvalue weighted by Crippen LogP contribution is 2.09. The topological polar surface area (TPSA) is 80.4 Å². The molecule has 1 amide bonds. The van der Waals surface area contributed by atoms with Crippen LogP contribution in [0.25, 0.3) is 0 Å². The van der Waals surface area contributed by atoms with Crippen molar-refractivity contribution in [1.82, 2.24) is 0 Å². The van der Waals surface area contributed by atoms with E-state index in [9.17, 15) is 14.0 Å². The minimum atomic E-state index is -1.36. The van der Waals surface area contributed by atoms with Crippen LogP contribution in [0.2, 0.25) is 0 Å². The molecule has 0 spiro atoms.